The number of amides is 1. The molecule has 1 aromatic carbocycles. The Morgan fingerprint density at radius 3 is 3.00 bits per heavy atom. The fourth-order valence-electron chi connectivity index (χ4n) is 2.58. The fraction of sp³-hybridized carbons (Fsp3) is 0.533. The van der Waals surface area contributed by atoms with E-state index in [4.69, 9.17) is 11.6 Å². The lowest BCUT2D eigenvalue weighted by Crippen LogP contribution is -2.48. The number of rotatable bonds is 3. The number of benzene rings is 1. The summed E-state index contributed by atoms with van der Waals surface area (Å²) in [5, 5.41) is 13.5. The maximum atomic E-state index is 12.1. The molecule has 5 heteroatoms. The highest BCUT2D eigenvalue weighted by atomic mass is 35.5. The van der Waals surface area contributed by atoms with E-state index < -0.39 is 5.60 Å². The van der Waals surface area contributed by atoms with Crippen molar-refractivity contribution in [3.63, 3.8) is 0 Å². The Morgan fingerprint density at radius 1 is 1.55 bits per heavy atom. The molecule has 1 unspecified atom stereocenters. The number of aryl methyl sites for hydroxylation is 1. The average molecular weight is 297 g/mol. The molecule has 1 fully saturated rings. The number of carbonyl (C=O) groups excluding carboxylic acids is 1. The number of nitrogens with zero attached hydrogens (tertiary/aromatic N) is 1. The van der Waals surface area contributed by atoms with Crippen molar-refractivity contribution >= 4 is 23.2 Å². The summed E-state index contributed by atoms with van der Waals surface area (Å²) in [6.07, 6.45) is 1.70. The molecule has 2 rings (SSSR count). The molecule has 110 valence electrons. The molecule has 1 heterocycles. The quantitative estimate of drug-likeness (QED) is 0.901. The van der Waals surface area contributed by atoms with E-state index in [1.807, 2.05) is 24.8 Å². The van der Waals surface area contributed by atoms with E-state index in [1.54, 1.807) is 12.1 Å². The van der Waals surface area contributed by atoms with Crippen LogP contribution in [0.25, 0.3) is 0 Å². The van der Waals surface area contributed by atoms with Crippen LogP contribution in [0.2, 0.25) is 5.02 Å². The van der Waals surface area contributed by atoms with E-state index >= 15 is 0 Å². The summed E-state index contributed by atoms with van der Waals surface area (Å²) in [5.74, 6) is -0.0759. The minimum absolute atomic E-state index is 0.0759. The lowest BCUT2D eigenvalue weighted by Gasteiger charge is -2.36. The first-order chi connectivity index (χ1) is 9.35. The van der Waals surface area contributed by atoms with Gasteiger partial charge in [0.1, 0.15) is 0 Å². The van der Waals surface area contributed by atoms with Crippen LogP contribution in [0.1, 0.15) is 25.3 Å². The molecular formula is C15H21ClN2O2. The first-order valence-electron chi connectivity index (χ1n) is 6.86. The normalized spacial score (nSPS) is 23.6. The third-order valence-corrected chi connectivity index (χ3v) is 3.83. The molecule has 20 heavy (non-hydrogen) atoms. The second-order valence-electron chi connectivity index (χ2n) is 5.82. The summed E-state index contributed by atoms with van der Waals surface area (Å²) in [7, 11) is 0. The summed E-state index contributed by atoms with van der Waals surface area (Å²) in [5.41, 5.74) is 1.03. The summed E-state index contributed by atoms with van der Waals surface area (Å²) in [4.78, 5) is 14.1. The summed E-state index contributed by atoms with van der Waals surface area (Å²) < 4.78 is 0. The molecule has 0 spiro atoms. The lowest BCUT2D eigenvalue weighted by molar-refractivity contribution is -0.118. The molecule has 1 amide bonds. The number of likely N-dealkylation sites (tertiary alicyclic amines) is 1. The second kappa shape index (κ2) is 6.12. The lowest BCUT2D eigenvalue weighted by atomic mass is 9.95. The van der Waals surface area contributed by atoms with E-state index in [1.165, 1.54) is 0 Å². The van der Waals surface area contributed by atoms with Gasteiger partial charge in [0.25, 0.3) is 0 Å². The van der Waals surface area contributed by atoms with Crippen molar-refractivity contribution in [3.8, 4) is 0 Å². The van der Waals surface area contributed by atoms with Crippen molar-refractivity contribution in [3.05, 3.63) is 28.8 Å². The van der Waals surface area contributed by atoms with Crippen LogP contribution in [0.4, 0.5) is 5.69 Å². The molecule has 0 aliphatic carbocycles. The highest BCUT2D eigenvalue weighted by molar-refractivity contribution is 6.31. The Bertz CT molecular complexity index is 503. The summed E-state index contributed by atoms with van der Waals surface area (Å²) in [6.45, 7) is 5.42. The number of hydrogen-bond acceptors (Lipinski definition) is 3. The van der Waals surface area contributed by atoms with Crippen LogP contribution < -0.4 is 5.32 Å². The minimum atomic E-state index is -0.690. The van der Waals surface area contributed by atoms with Crippen LogP contribution in [-0.4, -0.2) is 41.1 Å². The molecule has 1 aliphatic heterocycles. The van der Waals surface area contributed by atoms with E-state index in [-0.39, 0.29) is 5.91 Å². The van der Waals surface area contributed by atoms with E-state index in [0.29, 0.717) is 18.1 Å². The summed E-state index contributed by atoms with van der Waals surface area (Å²) in [6, 6.07) is 5.43. The van der Waals surface area contributed by atoms with Gasteiger partial charge >= 0.3 is 0 Å². The molecule has 4 nitrogen and oxygen atoms in total. The number of halogens is 1. The van der Waals surface area contributed by atoms with Crippen molar-refractivity contribution in [2.75, 3.05) is 25.0 Å². The van der Waals surface area contributed by atoms with Gasteiger partial charge in [-0.05, 0) is 50.9 Å². The monoisotopic (exact) mass is 296 g/mol. The zero-order valence-corrected chi connectivity index (χ0v) is 12.7. The van der Waals surface area contributed by atoms with Gasteiger partial charge in [0.15, 0.2) is 0 Å². The SMILES string of the molecule is Cc1ccc(Cl)cc1NC(=O)CN1CCCC(C)(O)C1. The van der Waals surface area contributed by atoms with Gasteiger partial charge in [-0.25, -0.2) is 0 Å². The Labute approximate surface area is 124 Å². The Balaban J connectivity index is 1.94. The number of carbonyl (C=O) groups is 1. The number of hydrogen-bond donors (Lipinski definition) is 2. The third-order valence-electron chi connectivity index (χ3n) is 3.59. The number of β-amino-alcohol motifs (C(OH)–C–C–N with tert-alkyl or cyclic N) is 1. The molecule has 0 radical (unpaired) electrons. The van der Waals surface area contributed by atoms with Gasteiger partial charge in [-0.3, -0.25) is 9.69 Å². The molecular weight excluding hydrogens is 276 g/mol. The third kappa shape index (κ3) is 4.20. The Morgan fingerprint density at radius 2 is 2.30 bits per heavy atom. The average Bonchev–Trinajstić information content (AvgIpc) is 2.32. The number of aliphatic hydroxyl groups is 1. The molecule has 1 aromatic rings. The molecule has 1 aliphatic rings. The smallest absolute Gasteiger partial charge is 0.238 e. The van der Waals surface area contributed by atoms with Crippen LogP contribution in [0.5, 0.6) is 0 Å². The van der Waals surface area contributed by atoms with E-state index in [9.17, 15) is 9.90 Å². The molecule has 1 atom stereocenters. The van der Waals surface area contributed by atoms with Crippen LogP contribution in [0.15, 0.2) is 18.2 Å². The van der Waals surface area contributed by atoms with E-state index in [2.05, 4.69) is 5.32 Å². The Kier molecular flexibility index (Phi) is 4.68. The zero-order valence-electron chi connectivity index (χ0n) is 11.9. The van der Waals surface area contributed by atoms with Crippen molar-refractivity contribution in [1.82, 2.24) is 4.90 Å². The minimum Gasteiger partial charge on any atom is -0.389 e. The fourth-order valence-corrected chi connectivity index (χ4v) is 2.75. The largest absolute Gasteiger partial charge is 0.389 e. The van der Waals surface area contributed by atoms with Crippen molar-refractivity contribution < 1.29 is 9.90 Å². The molecule has 2 N–H and O–H groups in total. The molecule has 1 saturated heterocycles. The number of piperidine rings is 1. The molecule has 0 saturated carbocycles. The van der Waals surface area contributed by atoms with Crippen molar-refractivity contribution in [1.29, 1.82) is 0 Å². The van der Waals surface area contributed by atoms with Crippen LogP contribution in [-0.2, 0) is 4.79 Å². The zero-order chi connectivity index (χ0) is 14.8. The van der Waals surface area contributed by atoms with Gasteiger partial charge < -0.3 is 10.4 Å². The van der Waals surface area contributed by atoms with Gasteiger partial charge in [-0.15, -0.1) is 0 Å². The first kappa shape index (κ1) is 15.3. The van der Waals surface area contributed by atoms with Crippen LogP contribution in [0, 0.1) is 6.92 Å². The summed E-state index contributed by atoms with van der Waals surface area (Å²) >= 11 is 5.93. The maximum absolute atomic E-state index is 12.1. The molecule has 0 aromatic heterocycles. The Hall–Kier alpha value is -1.10. The van der Waals surface area contributed by atoms with Crippen molar-refractivity contribution in [2.24, 2.45) is 0 Å². The standard InChI is InChI=1S/C15H21ClN2O2/c1-11-4-5-12(16)8-13(11)17-14(19)9-18-7-3-6-15(2,20)10-18/h4-5,8,20H,3,6-7,9-10H2,1-2H3,(H,17,19). The molecule has 0 bridgehead atoms. The highest BCUT2D eigenvalue weighted by Gasteiger charge is 2.29. The predicted molar refractivity (Wildman–Crippen MR) is 81.1 cm³/mol. The number of nitrogens with one attached hydrogen (secondary N) is 1. The van der Waals surface area contributed by atoms with Crippen molar-refractivity contribution in [2.45, 2.75) is 32.3 Å². The van der Waals surface area contributed by atoms with Crippen LogP contribution in [0.3, 0.4) is 0 Å². The van der Waals surface area contributed by atoms with Gasteiger partial charge in [0, 0.05) is 17.3 Å². The van der Waals surface area contributed by atoms with Gasteiger partial charge in [0.05, 0.1) is 12.1 Å². The first-order valence-corrected chi connectivity index (χ1v) is 7.24. The highest BCUT2D eigenvalue weighted by Crippen LogP contribution is 2.22. The van der Waals surface area contributed by atoms with Gasteiger partial charge in [-0.1, -0.05) is 17.7 Å². The van der Waals surface area contributed by atoms with E-state index in [0.717, 1.165) is 30.6 Å². The topological polar surface area (TPSA) is 52.6 Å². The van der Waals surface area contributed by atoms with Crippen LogP contribution >= 0.6 is 11.6 Å². The number of anilines is 1. The van der Waals surface area contributed by atoms with Gasteiger partial charge in [-0.2, -0.15) is 0 Å². The second-order valence-corrected chi connectivity index (χ2v) is 6.26. The maximum Gasteiger partial charge on any atom is 0.238 e. The predicted octanol–water partition coefficient (Wildman–Crippen LogP) is 2.43. The van der Waals surface area contributed by atoms with Gasteiger partial charge in [0.2, 0.25) is 5.91 Å².